The monoisotopic (exact) mass is 380 g/mol. The molecular formula is C25H20N2O2. The average molecular weight is 380 g/mol. The SMILES string of the molecule is CC12c3ccccc3C(c3ccccc31)C1C(=O)N(Cc3cccnc3)C(=O)[C@H]12. The lowest BCUT2D eigenvalue weighted by Crippen LogP contribution is -2.51. The molecule has 3 aliphatic carbocycles. The molecule has 1 saturated heterocycles. The van der Waals surface area contributed by atoms with Crippen molar-refractivity contribution >= 4 is 11.8 Å². The minimum Gasteiger partial charge on any atom is -0.277 e. The number of carbonyl (C=O) groups is 2. The lowest BCUT2D eigenvalue weighted by molar-refractivity contribution is -0.140. The Morgan fingerprint density at radius 1 is 0.897 bits per heavy atom. The molecule has 1 unspecified atom stereocenters. The van der Waals surface area contributed by atoms with Gasteiger partial charge < -0.3 is 0 Å². The molecule has 4 heteroatoms. The van der Waals surface area contributed by atoms with Gasteiger partial charge in [-0.3, -0.25) is 19.5 Å². The van der Waals surface area contributed by atoms with Gasteiger partial charge in [0.05, 0.1) is 18.4 Å². The second-order valence-corrected chi connectivity index (χ2v) is 8.48. The zero-order chi connectivity index (χ0) is 19.8. The molecule has 0 spiro atoms. The molecule has 2 amide bonds. The number of carbonyl (C=O) groups excluding carboxylic acids is 2. The molecule has 2 heterocycles. The van der Waals surface area contributed by atoms with Crippen LogP contribution in [0.4, 0.5) is 0 Å². The van der Waals surface area contributed by atoms with E-state index in [1.165, 1.54) is 27.2 Å². The van der Waals surface area contributed by atoms with E-state index in [0.717, 1.165) is 5.56 Å². The number of rotatable bonds is 2. The number of amides is 2. The summed E-state index contributed by atoms with van der Waals surface area (Å²) in [5, 5.41) is 0. The third kappa shape index (κ3) is 1.96. The van der Waals surface area contributed by atoms with Crippen molar-refractivity contribution in [2.45, 2.75) is 24.8 Å². The fourth-order valence-electron chi connectivity index (χ4n) is 6.04. The molecule has 0 N–H and O–H groups in total. The summed E-state index contributed by atoms with van der Waals surface area (Å²) in [6, 6.07) is 20.4. The number of hydrogen-bond acceptors (Lipinski definition) is 3. The summed E-state index contributed by atoms with van der Waals surface area (Å²) in [6.45, 7) is 2.43. The molecule has 1 aliphatic heterocycles. The van der Waals surface area contributed by atoms with Crippen molar-refractivity contribution in [1.82, 2.24) is 9.88 Å². The maximum absolute atomic E-state index is 13.7. The Hall–Kier alpha value is -3.27. The molecule has 4 nitrogen and oxygen atoms in total. The van der Waals surface area contributed by atoms with Crippen LogP contribution in [0.2, 0.25) is 0 Å². The number of nitrogens with zero attached hydrogens (tertiary/aromatic N) is 2. The minimum atomic E-state index is -0.497. The van der Waals surface area contributed by atoms with Crippen molar-refractivity contribution in [1.29, 1.82) is 0 Å². The van der Waals surface area contributed by atoms with Crippen molar-refractivity contribution in [3.8, 4) is 0 Å². The number of benzene rings is 2. The Kier molecular flexibility index (Phi) is 3.24. The summed E-state index contributed by atoms with van der Waals surface area (Å²) in [4.78, 5) is 32.9. The number of likely N-dealkylation sites (tertiary alicyclic amines) is 1. The quantitative estimate of drug-likeness (QED) is 0.638. The lowest BCUT2D eigenvalue weighted by Gasteiger charge is -2.52. The van der Waals surface area contributed by atoms with E-state index in [2.05, 4.69) is 36.2 Å². The molecule has 0 saturated carbocycles. The Balaban J connectivity index is 1.55. The summed E-state index contributed by atoms with van der Waals surface area (Å²) in [5.74, 6) is -0.871. The molecule has 3 aromatic rings. The number of pyridine rings is 1. The molecule has 2 aromatic carbocycles. The van der Waals surface area contributed by atoms with E-state index in [-0.39, 0.29) is 36.1 Å². The number of hydrogen-bond donors (Lipinski definition) is 0. The summed E-state index contributed by atoms with van der Waals surface area (Å²) in [7, 11) is 0. The number of imide groups is 1. The van der Waals surface area contributed by atoms with Gasteiger partial charge in [-0.1, -0.05) is 61.5 Å². The topological polar surface area (TPSA) is 50.3 Å². The van der Waals surface area contributed by atoms with Crippen molar-refractivity contribution in [2.24, 2.45) is 11.8 Å². The Labute approximate surface area is 169 Å². The highest BCUT2D eigenvalue weighted by atomic mass is 16.2. The van der Waals surface area contributed by atoms with Crippen LogP contribution in [0.3, 0.4) is 0 Å². The van der Waals surface area contributed by atoms with Gasteiger partial charge in [0.15, 0.2) is 0 Å². The van der Waals surface area contributed by atoms with Gasteiger partial charge in [0.25, 0.3) is 0 Å². The van der Waals surface area contributed by atoms with E-state index >= 15 is 0 Å². The Bertz CT molecular complexity index is 1120. The fourth-order valence-corrected chi connectivity index (χ4v) is 6.04. The van der Waals surface area contributed by atoms with Crippen LogP contribution in [0.5, 0.6) is 0 Å². The average Bonchev–Trinajstić information content (AvgIpc) is 3.01. The Morgan fingerprint density at radius 3 is 2.17 bits per heavy atom. The van der Waals surface area contributed by atoms with Crippen LogP contribution in [-0.4, -0.2) is 21.7 Å². The summed E-state index contributed by atoms with van der Waals surface area (Å²) in [5.41, 5.74) is 5.14. The molecule has 2 bridgehead atoms. The first-order chi connectivity index (χ1) is 14.1. The van der Waals surface area contributed by atoms with Gasteiger partial charge >= 0.3 is 0 Å². The van der Waals surface area contributed by atoms with Crippen molar-refractivity contribution < 1.29 is 9.59 Å². The molecule has 142 valence electrons. The van der Waals surface area contributed by atoms with Crippen molar-refractivity contribution in [2.75, 3.05) is 0 Å². The molecule has 1 aromatic heterocycles. The highest BCUT2D eigenvalue weighted by molar-refractivity contribution is 6.08. The molecule has 7 rings (SSSR count). The fraction of sp³-hybridized carbons (Fsp3) is 0.240. The lowest BCUT2D eigenvalue weighted by atomic mass is 9.48. The highest BCUT2D eigenvalue weighted by Crippen LogP contribution is 2.63. The second-order valence-electron chi connectivity index (χ2n) is 8.48. The van der Waals surface area contributed by atoms with E-state index in [0.29, 0.717) is 0 Å². The smallest absolute Gasteiger partial charge is 0.234 e. The zero-order valence-corrected chi connectivity index (χ0v) is 16.1. The normalized spacial score (nSPS) is 28.9. The van der Waals surface area contributed by atoms with Crippen LogP contribution in [0.25, 0.3) is 0 Å². The van der Waals surface area contributed by atoms with Gasteiger partial charge in [-0.05, 0) is 33.9 Å². The maximum atomic E-state index is 13.7. The number of aromatic nitrogens is 1. The van der Waals surface area contributed by atoms with Crippen molar-refractivity contribution in [3.05, 3.63) is 101 Å². The van der Waals surface area contributed by atoms with E-state index < -0.39 is 5.41 Å². The van der Waals surface area contributed by atoms with Gasteiger partial charge in [0.2, 0.25) is 11.8 Å². The van der Waals surface area contributed by atoms with E-state index in [1.807, 2.05) is 36.4 Å². The predicted molar refractivity (Wildman–Crippen MR) is 108 cm³/mol. The van der Waals surface area contributed by atoms with Crippen LogP contribution < -0.4 is 0 Å². The standard InChI is InChI=1S/C25H20N2O2/c1-25-18-10-4-2-8-16(18)20(17-9-3-5-11-19(17)25)21-22(25)24(29)27(23(21)28)14-15-7-6-12-26-13-15/h2-13,20-22H,14H2,1H3/t20?,21?,22-,25?/m0/s1. The van der Waals surface area contributed by atoms with Gasteiger partial charge in [0, 0.05) is 23.7 Å². The Morgan fingerprint density at radius 2 is 1.55 bits per heavy atom. The van der Waals surface area contributed by atoms with Gasteiger partial charge in [-0.15, -0.1) is 0 Å². The largest absolute Gasteiger partial charge is 0.277 e. The first-order valence-corrected chi connectivity index (χ1v) is 10.1. The molecule has 4 aliphatic rings. The summed E-state index contributed by atoms with van der Waals surface area (Å²) < 4.78 is 0. The van der Waals surface area contributed by atoms with Gasteiger partial charge in [0.1, 0.15) is 0 Å². The van der Waals surface area contributed by atoms with E-state index in [1.54, 1.807) is 12.4 Å². The predicted octanol–water partition coefficient (Wildman–Crippen LogP) is 3.65. The maximum Gasteiger partial charge on any atom is 0.234 e. The van der Waals surface area contributed by atoms with Crippen LogP contribution in [0.1, 0.15) is 40.7 Å². The molecule has 2 atom stereocenters. The third-order valence-electron chi connectivity index (χ3n) is 7.20. The van der Waals surface area contributed by atoms with Crippen LogP contribution >= 0.6 is 0 Å². The van der Waals surface area contributed by atoms with Crippen molar-refractivity contribution in [3.63, 3.8) is 0 Å². The van der Waals surface area contributed by atoms with Crippen LogP contribution in [0, 0.1) is 11.8 Å². The van der Waals surface area contributed by atoms with Crippen LogP contribution in [-0.2, 0) is 21.5 Å². The molecule has 1 fully saturated rings. The first kappa shape index (κ1) is 16.7. The van der Waals surface area contributed by atoms with Gasteiger partial charge in [-0.2, -0.15) is 0 Å². The van der Waals surface area contributed by atoms with E-state index in [4.69, 9.17) is 0 Å². The summed E-state index contributed by atoms with van der Waals surface area (Å²) in [6.07, 6.45) is 3.42. The molecular weight excluding hydrogens is 360 g/mol. The van der Waals surface area contributed by atoms with Gasteiger partial charge in [-0.25, -0.2) is 0 Å². The second kappa shape index (κ2) is 5.63. The molecule has 29 heavy (non-hydrogen) atoms. The highest BCUT2D eigenvalue weighted by Gasteiger charge is 2.66. The van der Waals surface area contributed by atoms with Crippen LogP contribution in [0.15, 0.2) is 73.1 Å². The first-order valence-electron chi connectivity index (χ1n) is 10.1. The zero-order valence-electron chi connectivity index (χ0n) is 16.1. The minimum absolute atomic E-state index is 0.0518. The van der Waals surface area contributed by atoms with E-state index in [9.17, 15) is 9.59 Å². The third-order valence-corrected chi connectivity index (χ3v) is 7.20. The summed E-state index contributed by atoms with van der Waals surface area (Å²) >= 11 is 0. The molecule has 0 radical (unpaired) electrons.